The summed E-state index contributed by atoms with van der Waals surface area (Å²) in [5.41, 5.74) is 5.44. The summed E-state index contributed by atoms with van der Waals surface area (Å²) in [6, 6.07) is 5.98. The topological polar surface area (TPSA) is 26.3 Å². The molecule has 2 rings (SSSR count). The van der Waals surface area contributed by atoms with Crippen LogP contribution in [-0.4, -0.2) is 21.5 Å². The highest BCUT2D eigenvalue weighted by atomic mass is 28.3. The highest BCUT2D eigenvalue weighted by molar-refractivity contribution is 6.83. The molecule has 1 fully saturated rings. The molecule has 0 atom stereocenters. The highest BCUT2D eigenvalue weighted by Gasteiger charge is 2.42. The summed E-state index contributed by atoms with van der Waals surface area (Å²) >= 11 is 0. The first kappa shape index (κ1) is 14.9. The van der Waals surface area contributed by atoms with E-state index in [0.717, 1.165) is 42.4 Å². The fourth-order valence-corrected chi connectivity index (χ4v) is 2.61. The van der Waals surface area contributed by atoms with Gasteiger partial charge in [0.25, 0.3) is 0 Å². The number of rotatable bonds is 4. The SMILES string of the molecule is COc1ccc(C#C[Si](C)(C)C)c(CC2(C=O)CC2)c1. The maximum absolute atomic E-state index is 11.2. The van der Waals surface area contributed by atoms with Gasteiger partial charge in [0.1, 0.15) is 20.1 Å². The van der Waals surface area contributed by atoms with Gasteiger partial charge in [0.15, 0.2) is 0 Å². The molecule has 1 aliphatic carbocycles. The van der Waals surface area contributed by atoms with Crippen LogP contribution >= 0.6 is 0 Å². The van der Waals surface area contributed by atoms with E-state index >= 15 is 0 Å². The van der Waals surface area contributed by atoms with Crippen molar-refractivity contribution in [3.05, 3.63) is 29.3 Å². The van der Waals surface area contributed by atoms with Crippen molar-refractivity contribution in [3.63, 3.8) is 0 Å². The Bertz CT molecular complexity index is 569. The molecule has 1 aromatic rings. The van der Waals surface area contributed by atoms with Crippen molar-refractivity contribution < 1.29 is 9.53 Å². The Hall–Kier alpha value is -1.53. The number of aldehydes is 1. The molecule has 0 unspecified atom stereocenters. The average Bonchev–Trinajstić information content (AvgIpc) is 3.16. The lowest BCUT2D eigenvalue weighted by atomic mass is 9.94. The zero-order chi connectivity index (χ0) is 14.8. The van der Waals surface area contributed by atoms with Crippen LogP contribution < -0.4 is 4.74 Å². The number of ether oxygens (including phenoxy) is 1. The van der Waals surface area contributed by atoms with E-state index < -0.39 is 8.07 Å². The van der Waals surface area contributed by atoms with Crippen LogP contribution in [0, 0.1) is 16.9 Å². The first-order valence-electron chi connectivity index (χ1n) is 7.04. The lowest BCUT2D eigenvalue weighted by Gasteiger charge is -2.12. The van der Waals surface area contributed by atoms with Gasteiger partial charge in [0.2, 0.25) is 0 Å². The van der Waals surface area contributed by atoms with Crippen molar-refractivity contribution in [1.29, 1.82) is 0 Å². The molecule has 1 aromatic carbocycles. The molecule has 0 saturated heterocycles. The number of carbonyl (C=O) groups excluding carboxylic acids is 1. The van der Waals surface area contributed by atoms with Crippen molar-refractivity contribution in [2.45, 2.75) is 38.9 Å². The molecule has 0 bridgehead atoms. The van der Waals surface area contributed by atoms with Crippen molar-refractivity contribution in [2.75, 3.05) is 7.11 Å². The van der Waals surface area contributed by atoms with Crippen LogP contribution in [-0.2, 0) is 11.2 Å². The normalized spacial score (nSPS) is 16.0. The summed E-state index contributed by atoms with van der Waals surface area (Å²) in [5, 5.41) is 0. The molecule has 0 aromatic heterocycles. The van der Waals surface area contributed by atoms with Crippen LogP contribution in [0.25, 0.3) is 0 Å². The lowest BCUT2D eigenvalue weighted by molar-refractivity contribution is -0.112. The molecule has 106 valence electrons. The molecule has 0 N–H and O–H groups in total. The van der Waals surface area contributed by atoms with Gasteiger partial charge in [-0.3, -0.25) is 0 Å². The maximum Gasteiger partial charge on any atom is 0.129 e. The monoisotopic (exact) mass is 286 g/mol. The van der Waals surface area contributed by atoms with Gasteiger partial charge in [-0.05, 0) is 43.0 Å². The van der Waals surface area contributed by atoms with Gasteiger partial charge < -0.3 is 9.53 Å². The van der Waals surface area contributed by atoms with Crippen LogP contribution in [0.15, 0.2) is 18.2 Å². The Morgan fingerprint density at radius 3 is 2.55 bits per heavy atom. The summed E-state index contributed by atoms with van der Waals surface area (Å²) in [7, 11) is 0.268. The van der Waals surface area contributed by atoms with Crippen molar-refractivity contribution in [2.24, 2.45) is 5.41 Å². The minimum atomic E-state index is -1.40. The quantitative estimate of drug-likeness (QED) is 0.481. The number of methoxy groups -OCH3 is 1. The molecule has 0 radical (unpaired) electrons. The molecule has 0 spiro atoms. The first-order valence-corrected chi connectivity index (χ1v) is 10.5. The highest BCUT2D eigenvalue weighted by Crippen LogP contribution is 2.46. The summed E-state index contributed by atoms with van der Waals surface area (Å²) in [4.78, 5) is 11.2. The molecule has 20 heavy (non-hydrogen) atoms. The van der Waals surface area contributed by atoms with Crippen LogP contribution in [0.1, 0.15) is 24.0 Å². The van der Waals surface area contributed by atoms with Crippen LogP contribution in [0.4, 0.5) is 0 Å². The van der Waals surface area contributed by atoms with Crippen LogP contribution in [0.2, 0.25) is 19.6 Å². The summed E-state index contributed by atoms with van der Waals surface area (Å²) in [6.07, 6.45) is 3.88. The molecule has 1 saturated carbocycles. The van der Waals surface area contributed by atoms with Gasteiger partial charge >= 0.3 is 0 Å². The molecular weight excluding hydrogens is 264 g/mol. The Kier molecular flexibility index (Phi) is 4.05. The van der Waals surface area contributed by atoms with Gasteiger partial charge in [-0.2, -0.15) is 0 Å². The van der Waals surface area contributed by atoms with Crippen molar-refractivity contribution in [3.8, 4) is 17.2 Å². The van der Waals surface area contributed by atoms with E-state index in [9.17, 15) is 4.79 Å². The lowest BCUT2D eigenvalue weighted by Crippen LogP contribution is -2.16. The predicted octanol–water partition coefficient (Wildman–Crippen LogP) is 3.45. The molecule has 0 heterocycles. The third-order valence-electron chi connectivity index (χ3n) is 3.57. The number of hydrogen-bond donors (Lipinski definition) is 0. The molecule has 1 aliphatic rings. The van der Waals surface area contributed by atoms with Gasteiger partial charge in [-0.15, -0.1) is 5.54 Å². The zero-order valence-electron chi connectivity index (χ0n) is 12.7. The fourth-order valence-electron chi connectivity index (χ4n) is 2.10. The van der Waals surface area contributed by atoms with E-state index in [2.05, 4.69) is 31.1 Å². The van der Waals surface area contributed by atoms with Crippen LogP contribution in [0.3, 0.4) is 0 Å². The molecule has 3 heteroatoms. The standard InChI is InChI=1S/C17H22O2Si/c1-19-16-6-5-14(7-10-20(2,3)4)15(11-16)12-17(13-18)8-9-17/h5-6,11,13H,8-9,12H2,1-4H3. The van der Waals surface area contributed by atoms with Gasteiger partial charge in [-0.1, -0.05) is 25.6 Å². The van der Waals surface area contributed by atoms with E-state index in [1.807, 2.05) is 18.2 Å². The Morgan fingerprint density at radius 1 is 1.35 bits per heavy atom. The second kappa shape index (κ2) is 5.45. The first-order chi connectivity index (χ1) is 9.37. The number of benzene rings is 1. The smallest absolute Gasteiger partial charge is 0.129 e. The largest absolute Gasteiger partial charge is 0.497 e. The summed E-state index contributed by atoms with van der Waals surface area (Å²) in [6.45, 7) is 6.70. The van der Waals surface area contributed by atoms with Crippen molar-refractivity contribution >= 4 is 14.4 Å². The molecule has 0 amide bonds. The Labute approximate surface area is 122 Å². The zero-order valence-corrected chi connectivity index (χ0v) is 13.7. The molecule has 2 nitrogen and oxygen atoms in total. The summed E-state index contributed by atoms with van der Waals surface area (Å²) in [5.74, 6) is 4.15. The second-order valence-corrected chi connectivity index (χ2v) is 11.4. The summed E-state index contributed by atoms with van der Waals surface area (Å²) < 4.78 is 5.30. The minimum absolute atomic E-state index is 0.137. The van der Waals surface area contributed by atoms with E-state index in [1.165, 1.54) is 0 Å². The third-order valence-corrected chi connectivity index (χ3v) is 4.44. The van der Waals surface area contributed by atoms with E-state index in [0.29, 0.717) is 0 Å². The third kappa shape index (κ3) is 3.74. The fraction of sp³-hybridized carbons (Fsp3) is 0.471. The number of carbonyl (C=O) groups is 1. The Morgan fingerprint density at radius 2 is 2.05 bits per heavy atom. The average molecular weight is 286 g/mol. The minimum Gasteiger partial charge on any atom is -0.497 e. The maximum atomic E-state index is 11.2. The van der Waals surface area contributed by atoms with E-state index in [-0.39, 0.29) is 5.41 Å². The van der Waals surface area contributed by atoms with Gasteiger partial charge in [0.05, 0.1) is 7.11 Å². The van der Waals surface area contributed by atoms with Gasteiger partial charge in [0, 0.05) is 11.0 Å². The van der Waals surface area contributed by atoms with Gasteiger partial charge in [-0.25, -0.2) is 0 Å². The molecular formula is C17H22O2Si. The van der Waals surface area contributed by atoms with Crippen LogP contribution in [0.5, 0.6) is 5.75 Å². The van der Waals surface area contributed by atoms with E-state index in [1.54, 1.807) is 7.11 Å². The predicted molar refractivity (Wildman–Crippen MR) is 84.7 cm³/mol. The van der Waals surface area contributed by atoms with Crippen molar-refractivity contribution in [1.82, 2.24) is 0 Å². The van der Waals surface area contributed by atoms with E-state index in [4.69, 9.17) is 4.74 Å². The Balaban J connectivity index is 2.34. The second-order valence-electron chi connectivity index (χ2n) is 6.68. The molecule has 0 aliphatic heterocycles. The number of hydrogen-bond acceptors (Lipinski definition) is 2.